The largest absolute Gasteiger partial charge is 0.468 e. The fourth-order valence-corrected chi connectivity index (χ4v) is 1.46. The molecule has 0 aliphatic rings. The van der Waals surface area contributed by atoms with Gasteiger partial charge in [-0.15, -0.1) is 0 Å². The average Bonchev–Trinajstić information content (AvgIpc) is 2.24. The zero-order chi connectivity index (χ0) is 12.8. The predicted octanol–water partition coefficient (Wildman–Crippen LogP) is -0.369. The molecule has 0 aliphatic heterocycles. The van der Waals surface area contributed by atoms with Gasteiger partial charge in [0, 0.05) is 19.6 Å². The zero-order valence-electron chi connectivity index (χ0n) is 11.3. The van der Waals surface area contributed by atoms with Crippen molar-refractivity contribution in [3.63, 3.8) is 0 Å². The molecule has 0 aromatic carbocycles. The Kier molecular flexibility index (Phi) is 6.55. The fourth-order valence-electron chi connectivity index (χ4n) is 1.46. The van der Waals surface area contributed by atoms with E-state index in [4.69, 9.17) is 4.74 Å². The molecular formula is C11H25N3O2. The van der Waals surface area contributed by atoms with Crippen LogP contribution in [0.2, 0.25) is 0 Å². The third-order valence-corrected chi connectivity index (χ3v) is 2.70. The standard InChI is InChI=1S/C11H25N3O2/c1-11(12-2,10(15)16-6)9-14(5)8-7-13(3)4/h12H,7-9H2,1-6H3. The second-order valence-corrected chi connectivity index (χ2v) is 4.61. The van der Waals surface area contributed by atoms with Crippen LogP contribution in [0, 0.1) is 0 Å². The zero-order valence-corrected chi connectivity index (χ0v) is 11.3. The number of rotatable bonds is 7. The molecule has 5 heteroatoms. The summed E-state index contributed by atoms with van der Waals surface area (Å²) in [7, 11) is 9.26. The fraction of sp³-hybridized carbons (Fsp3) is 0.909. The molecule has 0 rings (SSSR count). The normalized spacial score (nSPS) is 15.2. The van der Waals surface area contributed by atoms with E-state index >= 15 is 0 Å². The molecule has 0 saturated heterocycles. The molecule has 1 N–H and O–H groups in total. The minimum Gasteiger partial charge on any atom is -0.468 e. The van der Waals surface area contributed by atoms with E-state index in [9.17, 15) is 4.79 Å². The Labute approximate surface area is 98.7 Å². The Balaban J connectivity index is 4.25. The number of methoxy groups -OCH3 is 1. The topological polar surface area (TPSA) is 44.8 Å². The van der Waals surface area contributed by atoms with Gasteiger partial charge in [0.15, 0.2) is 0 Å². The summed E-state index contributed by atoms with van der Waals surface area (Å²) in [4.78, 5) is 15.9. The van der Waals surface area contributed by atoms with E-state index in [1.165, 1.54) is 7.11 Å². The minimum atomic E-state index is -0.643. The molecule has 0 saturated carbocycles. The lowest BCUT2D eigenvalue weighted by Gasteiger charge is -2.31. The summed E-state index contributed by atoms with van der Waals surface area (Å²) >= 11 is 0. The second kappa shape index (κ2) is 6.83. The SMILES string of the molecule is CNC(C)(CN(C)CCN(C)C)C(=O)OC. The molecular weight excluding hydrogens is 206 g/mol. The molecule has 0 amide bonds. The van der Waals surface area contributed by atoms with Crippen LogP contribution >= 0.6 is 0 Å². The second-order valence-electron chi connectivity index (χ2n) is 4.61. The number of hydrogen-bond donors (Lipinski definition) is 1. The average molecular weight is 231 g/mol. The van der Waals surface area contributed by atoms with Crippen molar-refractivity contribution in [1.29, 1.82) is 0 Å². The molecule has 16 heavy (non-hydrogen) atoms. The Morgan fingerprint density at radius 3 is 2.25 bits per heavy atom. The molecule has 0 spiro atoms. The lowest BCUT2D eigenvalue weighted by Crippen LogP contribution is -2.56. The molecule has 0 aliphatic carbocycles. The lowest BCUT2D eigenvalue weighted by molar-refractivity contribution is -0.148. The van der Waals surface area contributed by atoms with E-state index < -0.39 is 5.54 Å². The first-order valence-corrected chi connectivity index (χ1v) is 5.46. The van der Waals surface area contributed by atoms with Crippen LogP contribution in [-0.2, 0) is 9.53 Å². The van der Waals surface area contributed by atoms with Gasteiger partial charge in [0.2, 0.25) is 0 Å². The molecule has 0 fully saturated rings. The van der Waals surface area contributed by atoms with Crippen LogP contribution < -0.4 is 5.32 Å². The number of carbonyl (C=O) groups excluding carboxylic acids is 1. The molecule has 0 radical (unpaired) electrons. The summed E-state index contributed by atoms with van der Waals surface area (Å²) in [5.74, 6) is -0.230. The number of nitrogens with zero attached hydrogens (tertiary/aromatic N) is 2. The van der Waals surface area contributed by atoms with E-state index in [0.717, 1.165) is 13.1 Å². The monoisotopic (exact) mass is 231 g/mol. The van der Waals surface area contributed by atoms with E-state index in [0.29, 0.717) is 6.54 Å². The van der Waals surface area contributed by atoms with Crippen LogP contribution in [0.4, 0.5) is 0 Å². The van der Waals surface area contributed by atoms with Crippen molar-refractivity contribution in [1.82, 2.24) is 15.1 Å². The van der Waals surface area contributed by atoms with E-state index in [-0.39, 0.29) is 5.97 Å². The first-order chi connectivity index (χ1) is 7.35. The van der Waals surface area contributed by atoms with Gasteiger partial charge in [-0.2, -0.15) is 0 Å². The van der Waals surface area contributed by atoms with Crippen LogP contribution in [-0.4, -0.2) is 76.2 Å². The summed E-state index contributed by atoms with van der Waals surface area (Å²) in [5, 5.41) is 3.02. The summed E-state index contributed by atoms with van der Waals surface area (Å²) in [6, 6.07) is 0. The van der Waals surface area contributed by atoms with Crippen molar-refractivity contribution in [3.8, 4) is 0 Å². The number of ether oxygens (including phenoxy) is 1. The predicted molar refractivity (Wildman–Crippen MR) is 65.5 cm³/mol. The van der Waals surface area contributed by atoms with Gasteiger partial charge in [0.25, 0.3) is 0 Å². The molecule has 1 atom stereocenters. The Hall–Kier alpha value is -0.650. The summed E-state index contributed by atoms with van der Waals surface area (Å²) in [5.41, 5.74) is -0.643. The first-order valence-electron chi connectivity index (χ1n) is 5.46. The molecule has 0 aromatic heterocycles. The first kappa shape index (κ1) is 15.3. The highest BCUT2D eigenvalue weighted by atomic mass is 16.5. The maximum atomic E-state index is 11.6. The van der Waals surface area contributed by atoms with Crippen molar-refractivity contribution < 1.29 is 9.53 Å². The van der Waals surface area contributed by atoms with Gasteiger partial charge in [-0.25, -0.2) is 0 Å². The van der Waals surface area contributed by atoms with Crippen molar-refractivity contribution in [2.45, 2.75) is 12.5 Å². The van der Waals surface area contributed by atoms with E-state index in [1.54, 1.807) is 7.05 Å². The van der Waals surface area contributed by atoms with Gasteiger partial charge in [-0.05, 0) is 35.1 Å². The van der Waals surface area contributed by atoms with Crippen LogP contribution in [0.15, 0.2) is 0 Å². The Morgan fingerprint density at radius 1 is 1.31 bits per heavy atom. The molecule has 1 unspecified atom stereocenters. The highest BCUT2D eigenvalue weighted by Crippen LogP contribution is 2.07. The Morgan fingerprint density at radius 2 is 1.88 bits per heavy atom. The van der Waals surface area contributed by atoms with E-state index in [1.807, 2.05) is 28.1 Å². The maximum absolute atomic E-state index is 11.6. The number of carbonyl (C=O) groups is 1. The van der Waals surface area contributed by atoms with Crippen molar-refractivity contribution in [2.75, 3.05) is 54.9 Å². The molecule has 96 valence electrons. The molecule has 0 bridgehead atoms. The lowest BCUT2D eigenvalue weighted by atomic mass is 10.0. The highest BCUT2D eigenvalue weighted by Gasteiger charge is 2.33. The smallest absolute Gasteiger partial charge is 0.327 e. The van der Waals surface area contributed by atoms with Gasteiger partial charge in [0.1, 0.15) is 5.54 Å². The summed E-state index contributed by atoms with van der Waals surface area (Å²) in [6.07, 6.45) is 0. The maximum Gasteiger partial charge on any atom is 0.327 e. The van der Waals surface area contributed by atoms with Crippen LogP contribution in [0.25, 0.3) is 0 Å². The van der Waals surface area contributed by atoms with Crippen LogP contribution in [0.5, 0.6) is 0 Å². The summed E-state index contributed by atoms with van der Waals surface area (Å²) in [6.45, 7) is 4.37. The quantitative estimate of drug-likeness (QED) is 0.606. The van der Waals surface area contributed by atoms with E-state index in [2.05, 4.69) is 15.1 Å². The third kappa shape index (κ3) is 4.92. The molecule has 0 aromatic rings. The van der Waals surface area contributed by atoms with Gasteiger partial charge >= 0.3 is 5.97 Å². The number of likely N-dealkylation sites (N-methyl/N-ethyl adjacent to an activating group) is 3. The van der Waals surface area contributed by atoms with Gasteiger partial charge in [0.05, 0.1) is 7.11 Å². The summed E-state index contributed by atoms with van der Waals surface area (Å²) < 4.78 is 4.79. The number of hydrogen-bond acceptors (Lipinski definition) is 5. The number of esters is 1. The Bertz CT molecular complexity index is 221. The van der Waals surface area contributed by atoms with Crippen molar-refractivity contribution in [2.24, 2.45) is 0 Å². The number of nitrogens with one attached hydrogen (secondary N) is 1. The molecule has 5 nitrogen and oxygen atoms in total. The van der Waals surface area contributed by atoms with Crippen LogP contribution in [0.3, 0.4) is 0 Å². The van der Waals surface area contributed by atoms with Gasteiger partial charge in [-0.1, -0.05) is 0 Å². The van der Waals surface area contributed by atoms with Crippen LogP contribution in [0.1, 0.15) is 6.92 Å². The third-order valence-electron chi connectivity index (χ3n) is 2.70. The minimum absolute atomic E-state index is 0.230. The molecule has 0 heterocycles. The van der Waals surface area contributed by atoms with Crippen molar-refractivity contribution >= 4 is 5.97 Å². The van der Waals surface area contributed by atoms with Gasteiger partial charge in [-0.3, -0.25) is 4.79 Å². The highest BCUT2D eigenvalue weighted by molar-refractivity contribution is 5.80. The van der Waals surface area contributed by atoms with Gasteiger partial charge < -0.3 is 19.9 Å². The van der Waals surface area contributed by atoms with Crippen molar-refractivity contribution in [3.05, 3.63) is 0 Å².